The van der Waals surface area contributed by atoms with Gasteiger partial charge in [0.25, 0.3) is 0 Å². The summed E-state index contributed by atoms with van der Waals surface area (Å²) in [5, 5.41) is 58.1. The van der Waals surface area contributed by atoms with E-state index in [9.17, 15) is 25.2 Å². The molecule has 3 aliphatic heterocycles. The van der Waals surface area contributed by atoms with Crippen LogP contribution in [0.4, 0.5) is 4.39 Å². The molecule has 1 amide bonds. The van der Waals surface area contributed by atoms with E-state index < -0.39 is 37.2 Å². The molecular formula is C33H59ClFN5O7. The van der Waals surface area contributed by atoms with Crippen molar-refractivity contribution < 1.29 is 39.5 Å². The lowest BCUT2D eigenvalue weighted by Crippen LogP contribution is -2.64. The van der Waals surface area contributed by atoms with Gasteiger partial charge in [-0.2, -0.15) is 0 Å². The number of amides is 1. The molecule has 8 N–H and O–H groups in total. The predicted molar refractivity (Wildman–Crippen MR) is 175 cm³/mol. The topological polar surface area (TPSA) is 170 Å². The SMILES string of the molecule is O=C(CC1CCC(OCCCC2CCC23CCN(C2NCC(Cl)CN2)CC3)CC1F)N1CC(CNC[C@H](O)[C@@H](O)[C@H](O)[C@H](O)CO)C1. The van der Waals surface area contributed by atoms with Gasteiger partial charge < -0.3 is 40.5 Å². The molecule has 12 nitrogen and oxygen atoms in total. The van der Waals surface area contributed by atoms with Gasteiger partial charge in [-0.3, -0.25) is 20.3 Å². The number of ether oxygens (including phenoxy) is 1. The Balaban J connectivity index is 0.896. The first kappa shape index (κ1) is 37.5. The Morgan fingerprint density at radius 3 is 2.36 bits per heavy atom. The van der Waals surface area contributed by atoms with E-state index in [4.69, 9.17) is 21.4 Å². The number of aliphatic hydroxyl groups excluding tert-OH is 5. The van der Waals surface area contributed by atoms with E-state index in [-0.39, 0.29) is 48.5 Å². The number of hydrogen-bond acceptors (Lipinski definition) is 11. The third-order valence-corrected chi connectivity index (χ3v) is 12.2. The Bertz CT molecular complexity index is 970. The van der Waals surface area contributed by atoms with Crippen LogP contribution in [-0.2, 0) is 9.53 Å². The van der Waals surface area contributed by atoms with E-state index in [1.165, 1.54) is 32.1 Å². The number of carbonyl (C=O) groups excluding carboxylic acids is 1. The molecule has 0 aromatic rings. The van der Waals surface area contributed by atoms with Crippen LogP contribution in [0, 0.1) is 23.2 Å². The second-order valence-corrected chi connectivity index (χ2v) is 15.6. The second-order valence-electron chi connectivity index (χ2n) is 15.0. The zero-order valence-corrected chi connectivity index (χ0v) is 28.5. The fourth-order valence-electron chi connectivity index (χ4n) is 8.45. The third kappa shape index (κ3) is 9.75. The summed E-state index contributed by atoms with van der Waals surface area (Å²) in [6.45, 7) is 5.49. The molecule has 272 valence electrons. The monoisotopic (exact) mass is 691 g/mol. The lowest BCUT2D eigenvalue weighted by Gasteiger charge is -2.55. The molecule has 2 aliphatic carbocycles. The maximum atomic E-state index is 15.1. The molecule has 3 saturated heterocycles. The number of carbonyl (C=O) groups is 1. The number of likely N-dealkylation sites (tertiary alicyclic amines) is 2. The molecule has 3 heterocycles. The van der Waals surface area contributed by atoms with Gasteiger partial charge in [0.05, 0.1) is 24.2 Å². The number of rotatable bonds is 16. The average Bonchev–Trinajstić information content (AvgIpc) is 3.05. The molecule has 1 spiro atoms. The number of aliphatic hydroxyl groups is 5. The molecule has 0 aromatic carbocycles. The minimum atomic E-state index is -1.66. The van der Waals surface area contributed by atoms with Crippen molar-refractivity contribution in [1.82, 2.24) is 25.8 Å². The van der Waals surface area contributed by atoms with Crippen LogP contribution in [0.1, 0.15) is 64.2 Å². The van der Waals surface area contributed by atoms with Crippen LogP contribution in [0.2, 0.25) is 0 Å². The largest absolute Gasteiger partial charge is 0.394 e. The van der Waals surface area contributed by atoms with Crippen molar-refractivity contribution in [3.63, 3.8) is 0 Å². The lowest BCUT2D eigenvalue weighted by molar-refractivity contribution is -0.140. The summed E-state index contributed by atoms with van der Waals surface area (Å²) in [5.41, 5.74) is 0.491. The average molecular weight is 692 g/mol. The molecule has 0 bridgehead atoms. The molecule has 47 heavy (non-hydrogen) atoms. The quantitative estimate of drug-likeness (QED) is 0.0793. The van der Waals surface area contributed by atoms with Crippen molar-refractivity contribution in [3.8, 4) is 0 Å². The summed E-state index contributed by atoms with van der Waals surface area (Å²) in [5.74, 6) is 0.652. The summed E-state index contributed by atoms with van der Waals surface area (Å²) in [6.07, 6.45) is 2.40. The first-order chi connectivity index (χ1) is 22.6. The Morgan fingerprint density at radius 2 is 1.72 bits per heavy atom. The van der Waals surface area contributed by atoms with Gasteiger partial charge in [0.15, 0.2) is 0 Å². The molecule has 8 atom stereocenters. The van der Waals surface area contributed by atoms with Crippen molar-refractivity contribution in [2.24, 2.45) is 23.2 Å². The molecule has 2 saturated carbocycles. The fourth-order valence-corrected chi connectivity index (χ4v) is 8.63. The van der Waals surface area contributed by atoms with Crippen LogP contribution in [0.3, 0.4) is 0 Å². The van der Waals surface area contributed by atoms with Gasteiger partial charge in [0.2, 0.25) is 5.91 Å². The van der Waals surface area contributed by atoms with Crippen LogP contribution in [0.15, 0.2) is 0 Å². The summed E-state index contributed by atoms with van der Waals surface area (Å²) < 4.78 is 21.3. The molecule has 0 aromatic heterocycles. The highest BCUT2D eigenvalue weighted by molar-refractivity contribution is 6.21. The van der Waals surface area contributed by atoms with Gasteiger partial charge in [-0.25, -0.2) is 4.39 Å². The first-order valence-electron chi connectivity index (χ1n) is 18.0. The Kier molecular flexibility index (Phi) is 14.0. The number of alkyl halides is 2. The number of halogens is 2. The van der Waals surface area contributed by atoms with Gasteiger partial charge in [-0.1, -0.05) is 0 Å². The van der Waals surface area contributed by atoms with Gasteiger partial charge in [0, 0.05) is 77.7 Å². The summed E-state index contributed by atoms with van der Waals surface area (Å²) >= 11 is 6.21. The van der Waals surface area contributed by atoms with E-state index in [1.54, 1.807) is 4.90 Å². The highest BCUT2D eigenvalue weighted by Crippen LogP contribution is 2.55. The van der Waals surface area contributed by atoms with Crippen LogP contribution < -0.4 is 16.0 Å². The Morgan fingerprint density at radius 1 is 1.02 bits per heavy atom. The molecule has 5 rings (SSSR count). The van der Waals surface area contributed by atoms with Gasteiger partial charge in [0.1, 0.15) is 30.8 Å². The molecule has 14 heteroatoms. The van der Waals surface area contributed by atoms with Crippen molar-refractivity contribution in [2.75, 3.05) is 65.6 Å². The van der Waals surface area contributed by atoms with Crippen molar-refractivity contribution in [3.05, 3.63) is 0 Å². The zero-order chi connectivity index (χ0) is 33.6. The molecule has 4 unspecified atom stereocenters. The maximum absolute atomic E-state index is 15.1. The summed E-state index contributed by atoms with van der Waals surface area (Å²) in [4.78, 5) is 17.1. The van der Waals surface area contributed by atoms with Crippen molar-refractivity contribution in [1.29, 1.82) is 0 Å². The van der Waals surface area contributed by atoms with E-state index >= 15 is 4.39 Å². The van der Waals surface area contributed by atoms with Gasteiger partial charge in [-0.05, 0) is 68.6 Å². The minimum Gasteiger partial charge on any atom is -0.394 e. The smallest absolute Gasteiger partial charge is 0.222 e. The highest BCUT2D eigenvalue weighted by atomic mass is 35.5. The van der Waals surface area contributed by atoms with E-state index in [2.05, 4.69) is 20.9 Å². The maximum Gasteiger partial charge on any atom is 0.222 e. The third-order valence-electron chi connectivity index (χ3n) is 11.8. The second kappa shape index (κ2) is 17.5. The van der Waals surface area contributed by atoms with Crippen LogP contribution in [0.5, 0.6) is 0 Å². The molecular weight excluding hydrogens is 633 g/mol. The number of hydrogen-bond donors (Lipinski definition) is 8. The normalized spacial score (nSPS) is 34.3. The van der Waals surface area contributed by atoms with Crippen molar-refractivity contribution in [2.45, 2.75) is 113 Å². The van der Waals surface area contributed by atoms with Crippen LogP contribution in [0.25, 0.3) is 0 Å². The Hall–Kier alpha value is -0.710. The lowest BCUT2D eigenvalue weighted by atomic mass is 9.54. The molecule has 5 aliphatic rings. The number of nitrogens with zero attached hydrogens (tertiary/aromatic N) is 2. The zero-order valence-electron chi connectivity index (χ0n) is 27.7. The van der Waals surface area contributed by atoms with Crippen molar-refractivity contribution >= 4 is 17.5 Å². The summed E-state index contributed by atoms with van der Waals surface area (Å²) in [7, 11) is 0. The van der Waals surface area contributed by atoms with Gasteiger partial charge in [-0.15, -0.1) is 11.6 Å². The highest BCUT2D eigenvalue weighted by Gasteiger charge is 2.48. The fraction of sp³-hybridized carbons (Fsp3) is 0.970. The summed E-state index contributed by atoms with van der Waals surface area (Å²) in [6, 6.07) is 0. The Labute approximate surface area is 283 Å². The van der Waals surface area contributed by atoms with Gasteiger partial charge >= 0.3 is 0 Å². The van der Waals surface area contributed by atoms with Crippen LogP contribution in [-0.4, -0.2) is 155 Å². The predicted octanol–water partition coefficient (Wildman–Crippen LogP) is -0.260. The molecule has 0 radical (unpaired) electrons. The van der Waals surface area contributed by atoms with Crippen LogP contribution >= 0.6 is 11.6 Å². The number of piperidine rings is 1. The standard InChI is InChI=1S/C33H59ClFN5O7/c34-24-15-37-32(38-16-24)39-9-7-33(8-10-39)6-5-23(33)2-1-11-47-25-4-3-22(26(35)13-25)12-29(44)40-18-21(19-40)14-36-17-27(42)30(45)31(46)28(43)20-41/h21-28,30-32,36-38,41-43,45-46H,1-20H2/t22?,23?,24?,25?,26?,27-,28+,30+,31+,32?/m0/s1. The van der Waals surface area contributed by atoms with E-state index in [0.717, 1.165) is 44.9 Å². The first-order valence-corrected chi connectivity index (χ1v) is 18.4. The van der Waals surface area contributed by atoms with E-state index in [0.29, 0.717) is 44.5 Å². The van der Waals surface area contributed by atoms with E-state index in [1.807, 2.05) is 0 Å². The molecule has 5 fully saturated rings. The minimum absolute atomic E-state index is 0.0111. The number of nitrogens with one attached hydrogen (secondary N) is 3.